The van der Waals surface area contributed by atoms with Gasteiger partial charge in [-0.2, -0.15) is 0 Å². The van der Waals surface area contributed by atoms with E-state index in [0.29, 0.717) is 6.42 Å². The van der Waals surface area contributed by atoms with Crippen molar-refractivity contribution in [3.05, 3.63) is 120 Å². The van der Waals surface area contributed by atoms with Gasteiger partial charge in [0, 0.05) is 6.42 Å². The number of unbranched alkanes of at least 4 members (excludes halogenated alkanes) is 2. The first kappa shape index (κ1) is 21.6. The Morgan fingerprint density at radius 2 is 1.30 bits per heavy atom. The summed E-state index contributed by atoms with van der Waals surface area (Å²) < 4.78 is 6.99. The Labute approximate surface area is 181 Å². The summed E-state index contributed by atoms with van der Waals surface area (Å²) in [6.45, 7) is 2.20. The molecule has 1 nitrogen and oxygen atoms in total. The van der Waals surface area contributed by atoms with Gasteiger partial charge in [0.1, 0.15) is 5.60 Å². The molecule has 30 heavy (non-hydrogen) atoms. The maximum absolute atomic E-state index is 6.99. The second-order valence-corrected chi connectivity index (χ2v) is 7.41. The van der Waals surface area contributed by atoms with Gasteiger partial charge in [-0.1, -0.05) is 123 Å². The second-order valence-electron chi connectivity index (χ2n) is 7.41. The minimum Gasteiger partial charge on any atom is -0.353 e. The summed E-state index contributed by atoms with van der Waals surface area (Å²) in [5.41, 5.74) is 2.52. The highest BCUT2D eigenvalue weighted by Gasteiger charge is 2.39. The Morgan fingerprint density at radius 1 is 0.833 bits per heavy atom. The summed E-state index contributed by atoms with van der Waals surface area (Å²) in [5.74, 6) is 2.81. The summed E-state index contributed by atoms with van der Waals surface area (Å²) in [6, 6.07) is 31.3. The molecule has 0 aliphatic heterocycles. The zero-order valence-electron chi connectivity index (χ0n) is 17.7. The first-order chi connectivity index (χ1) is 14.8. The molecule has 1 heteroatoms. The molecule has 3 aromatic carbocycles. The van der Waals surface area contributed by atoms with Crippen molar-refractivity contribution in [2.45, 2.75) is 44.3 Å². The lowest BCUT2D eigenvalue weighted by molar-refractivity contribution is -0.0220. The zero-order valence-corrected chi connectivity index (χ0v) is 17.7. The highest BCUT2D eigenvalue weighted by atomic mass is 16.5. The van der Waals surface area contributed by atoms with Gasteiger partial charge in [-0.15, -0.1) is 12.3 Å². The first-order valence-corrected chi connectivity index (χ1v) is 10.8. The summed E-state index contributed by atoms with van der Waals surface area (Å²) in [4.78, 5) is 0. The molecule has 152 valence electrons. The van der Waals surface area contributed by atoms with Crippen LogP contribution >= 0.6 is 0 Å². The molecule has 0 spiro atoms. The number of ether oxygens (including phenoxy) is 1. The van der Waals surface area contributed by atoms with Crippen LogP contribution in [-0.4, -0.2) is 6.10 Å². The van der Waals surface area contributed by atoms with Crippen LogP contribution in [0.5, 0.6) is 0 Å². The lowest BCUT2D eigenvalue weighted by atomic mass is 9.80. The monoisotopic (exact) mass is 394 g/mol. The fourth-order valence-corrected chi connectivity index (χ4v) is 3.78. The number of terminal acetylenes is 1. The zero-order chi connectivity index (χ0) is 21.1. The van der Waals surface area contributed by atoms with E-state index in [1.54, 1.807) is 0 Å². The quantitative estimate of drug-likeness (QED) is 0.154. The Balaban J connectivity index is 2.15. The molecule has 0 N–H and O–H groups in total. The van der Waals surface area contributed by atoms with E-state index in [-0.39, 0.29) is 6.10 Å². The predicted molar refractivity (Wildman–Crippen MR) is 126 cm³/mol. The van der Waals surface area contributed by atoms with Gasteiger partial charge < -0.3 is 4.74 Å². The molecule has 0 radical (unpaired) electrons. The Bertz CT molecular complexity index is 839. The van der Waals surface area contributed by atoms with Gasteiger partial charge in [-0.3, -0.25) is 0 Å². The second kappa shape index (κ2) is 11.2. The summed E-state index contributed by atoms with van der Waals surface area (Å²) in [5, 5.41) is 0. The molecule has 0 heterocycles. The Morgan fingerprint density at radius 3 is 1.70 bits per heavy atom. The topological polar surface area (TPSA) is 9.23 Å². The van der Waals surface area contributed by atoms with Crippen molar-refractivity contribution in [3.8, 4) is 12.3 Å². The minimum atomic E-state index is -0.750. The third-order valence-corrected chi connectivity index (χ3v) is 5.26. The molecule has 3 rings (SSSR count). The molecule has 0 saturated carbocycles. The lowest BCUT2D eigenvalue weighted by Gasteiger charge is -2.38. The molecule has 0 aliphatic carbocycles. The van der Waals surface area contributed by atoms with Gasteiger partial charge in [-0.05, 0) is 23.1 Å². The van der Waals surface area contributed by atoms with Gasteiger partial charge in [0.05, 0.1) is 6.10 Å². The molecule has 0 saturated heterocycles. The molecular weight excluding hydrogens is 364 g/mol. The SMILES string of the molecule is C#CCC(/C=C/CCCC)OC(c1ccccc1)(c1ccccc1)c1ccccc1. The van der Waals surface area contributed by atoms with E-state index in [9.17, 15) is 0 Å². The maximum atomic E-state index is 6.99. The van der Waals surface area contributed by atoms with E-state index in [1.165, 1.54) is 12.8 Å². The number of allylic oxidation sites excluding steroid dienone is 1. The fraction of sp³-hybridized carbons (Fsp3) is 0.241. The molecule has 0 aromatic heterocycles. The van der Waals surface area contributed by atoms with Gasteiger partial charge in [-0.25, -0.2) is 0 Å². The van der Waals surface area contributed by atoms with E-state index in [1.807, 2.05) is 18.2 Å². The predicted octanol–water partition coefficient (Wildman–Crippen LogP) is 7.13. The van der Waals surface area contributed by atoms with Crippen molar-refractivity contribution in [3.63, 3.8) is 0 Å². The summed E-state index contributed by atoms with van der Waals surface area (Å²) >= 11 is 0. The standard InChI is InChI=1S/C29H30O/c1-3-5-6-16-24-28(17-4-2)30-29(25-18-10-7-11-19-25,26-20-12-8-13-21-26)27-22-14-9-15-23-27/h2,7-16,18-24,28H,3,5-6,17H2,1H3/b24-16+. The van der Waals surface area contributed by atoms with Crippen LogP contribution in [-0.2, 0) is 10.3 Å². The normalized spacial score (nSPS) is 12.5. The van der Waals surface area contributed by atoms with E-state index in [0.717, 1.165) is 23.1 Å². The van der Waals surface area contributed by atoms with E-state index < -0.39 is 5.60 Å². The van der Waals surface area contributed by atoms with E-state index in [4.69, 9.17) is 11.2 Å². The minimum absolute atomic E-state index is 0.188. The molecule has 0 fully saturated rings. The highest BCUT2D eigenvalue weighted by Crippen LogP contribution is 2.41. The molecule has 0 aliphatic rings. The molecular formula is C29H30O. The van der Waals surface area contributed by atoms with Gasteiger partial charge in [0.2, 0.25) is 0 Å². The van der Waals surface area contributed by atoms with Crippen molar-refractivity contribution in [2.75, 3.05) is 0 Å². The Hall–Kier alpha value is -3.08. The van der Waals surface area contributed by atoms with Crippen molar-refractivity contribution in [1.82, 2.24) is 0 Å². The third-order valence-electron chi connectivity index (χ3n) is 5.26. The fourth-order valence-electron chi connectivity index (χ4n) is 3.78. The van der Waals surface area contributed by atoms with Crippen LogP contribution in [0.1, 0.15) is 49.3 Å². The van der Waals surface area contributed by atoms with Gasteiger partial charge in [0.25, 0.3) is 0 Å². The van der Waals surface area contributed by atoms with Crippen LogP contribution in [0.15, 0.2) is 103 Å². The summed E-state index contributed by atoms with van der Waals surface area (Å²) in [6.07, 6.45) is 13.8. The van der Waals surface area contributed by atoms with Crippen LogP contribution in [0, 0.1) is 12.3 Å². The van der Waals surface area contributed by atoms with E-state index in [2.05, 4.69) is 97.8 Å². The average molecular weight is 395 g/mol. The number of hydrogen-bond donors (Lipinski definition) is 0. The number of hydrogen-bond acceptors (Lipinski definition) is 1. The molecule has 3 aromatic rings. The third kappa shape index (κ3) is 5.09. The average Bonchev–Trinajstić information content (AvgIpc) is 2.82. The van der Waals surface area contributed by atoms with Gasteiger partial charge >= 0.3 is 0 Å². The van der Waals surface area contributed by atoms with Crippen molar-refractivity contribution in [1.29, 1.82) is 0 Å². The molecule has 1 unspecified atom stereocenters. The van der Waals surface area contributed by atoms with Crippen LogP contribution in [0.4, 0.5) is 0 Å². The van der Waals surface area contributed by atoms with Gasteiger partial charge in [0.15, 0.2) is 0 Å². The molecule has 1 atom stereocenters. The van der Waals surface area contributed by atoms with Crippen LogP contribution in [0.3, 0.4) is 0 Å². The largest absolute Gasteiger partial charge is 0.353 e. The first-order valence-electron chi connectivity index (χ1n) is 10.8. The van der Waals surface area contributed by atoms with Crippen molar-refractivity contribution in [2.24, 2.45) is 0 Å². The molecule has 0 amide bonds. The smallest absolute Gasteiger partial charge is 0.144 e. The Kier molecular flexibility index (Phi) is 8.07. The van der Waals surface area contributed by atoms with E-state index >= 15 is 0 Å². The van der Waals surface area contributed by atoms with Crippen molar-refractivity contribution >= 4 is 0 Å². The molecule has 0 bridgehead atoms. The van der Waals surface area contributed by atoms with Crippen LogP contribution < -0.4 is 0 Å². The number of benzene rings is 3. The maximum Gasteiger partial charge on any atom is 0.144 e. The van der Waals surface area contributed by atoms with Crippen LogP contribution in [0.2, 0.25) is 0 Å². The number of rotatable bonds is 10. The van der Waals surface area contributed by atoms with Crippen LogP contribution in [0.25, 0.3) is 0 Å². The summed E-state index contributed by atoms with van der Waals surface area (Å²) in [7, 11) is 0. The lowest BCUT2D eigenvalue weighted by Crippen LogP contribution is -2.36. The highest BCUT2D eigenvalue weighted by molar-refractivity contribution is 5.47. The van der Waals surface area contributed by atoms with Crippen molar-refractivity contribution < 1.29 is 4.74 Å².